The van der Waals surface area contributed by atoms with Gasteiger partial charge in [0.05, 0.1) is 18.1 Å². The van der Waals surface area contributed by atoms with Crippen LogP contribution < -0.4 is 9.50 Å². The Labute approximate surface area is 158 Å². The molecule has 7 heteroatoms. The van der Waals surface area contributed by atoms with Crippen molar-refractivity contribution in [2.45, 2.75) is 44.4 Å². The average Bonchev–Trinajstić information content (AvgIpc) is 2.60. The van der Waals surface area contributed by atoms with Gasteiger partial charge in [0.25, 0.3) is 0 Å². The molecular weight excluding hydrogens is 372 g/mol. The molecule has 1 aromatic heterocycles. The highest BCUT2D eigenvalue weighted by Gasteiger charge is 2.38. The fourth-order valence-corrected chi connectivity index (χ4v) is 4.76. The highest BCUT2D eigenvalue weighted by atomic mass is 35.5. The van der Waals surface area contributed by atoms with Gasteiger partial charge < -0.3 is 9.50 Å². The van der Waals surface area contributed by atoms with E-state index in [1.807, 2.05) is 25.1 Å². The summed E-state index contributed by atoms with van der Waals surface area (Å²) in [6, 6.07) is 5.85. The molecule has 0 spiro atoms. The molecule has 5 nitrogen and oxygen atoms in total. The first-order valence-corrected chi connectivity index (χ1v) is 11.0. The zero-order valence-electron chi connectivity index (χ0n) is 14.8. The Balaban J connectivity index is 1.79. The molecule has 2 bridgehead atoms. The lowest BCUT2D eigenvalue weighted by atomic mass is 9.67. The molecule has 1 fully saturated rings. The van der Waals surface area contributed by atoms with Crippen LogP contribution in [0.3, 0.4) is 0 Å². The molecule has 0 radical (unpaired) electrons. The van der Waals surface area contributed by atoms with E-state index in [2.05, 4.69) is 10.3 Å². The number of nitrogens with one attached hydrogen (secondary N) is 1. The third-order valence-electron chi connectivity index (χ3n) is 5.35. The normalized spacial score (nSPS) is 21.3. The van der Waals surface area contributed by atoms with E-state index in [0.29, 0.717) is 16.9 Å². The highest BCUT2D eigenvalue weighted by Crippen LogP contribution is 2.54. The van der Waals surface area contributed by atoms with Crippen molar-refractivity contribution in [1.29, 1.82) is 0 Å². The number of hydrogen-bond donors (Lipinski definition) is 1. The van der Waals surface area contributed by atoms with E-state index in [1.54, 1.807) is 6.20 Å². The Morgan fingerprint density at radius 1 is 1.15 bits per heavy atom. The summed E-state index contributed by atoms with van der Waals surface area (Å²) in [7, 11) is -3.61. The number of nitrogens with zero attached hydrogens (tertiary/aromatic N) is 1. The van der Waals surface area contributed by atoms with E-state index in [0.717, 1.165) is 60.0 Å². The van der Waals surface area contributed by atoms with Crippen LogP contribution in [0.1, 0.15) is 54.2 Å². The highest BCUT2D eigenvalue weighted by molar-refractivity contribution is 7.86. The SMILES string of the molecule is Cc1ccc(Nc2cnc(OS(C)(=O)=O)c3c2C2CCC3CC2)cc1Cl. The summed E-state index contributed by atoms with van der Waals surface area (Å²) in [4.78, 5) is 4.34. The minimum Gasteiger partial charge on any atom is -0.361 e. The lowest BCUT2D eigenvalue weighted by Gasteiger charge is -2.39. The van der Waals surface area contributed by atoms with Gasteiger partial charge in [-0.1, -0.05) is 17.7 Å². The number of anilines is 2. The molecule has 1 heterocycles. The maximum absolute atomic E-state index is 11.6. The number of aromatic nitrogens is 1. The second-order valence-corrected chi connectivity index (χ2v) is 9.21. The van der Waals surface area contributed by atoms with Crippen LogP contribution in [0.4, 0.5) is 11.4 Å². The Bertz CT molecular complexity index is 967. The first kappa shape index (κ1) is 17.6. The van der Waals surface area contributed by atoms with Gasteiger partial charge in [0.2, 0.25) is 5.88 Å². The number of hydrogen-bond acceptors (Lipinski definition) is 5. The number of fused-ring (bicyclic) bond motifs is 2. The second kappa shape index (κ2) is 6.43. The predicted molar refractivity (Wildman–Crippen MR) is 103 cm³/mol. The Hall–Kier alpha value is -1.79. The Morgan fingerprint density at radius 2 is 1.81 bits per heavy atom. The summed E-state index contributed by atoms with van der Waals surface area (Å²) < 4.78 is 28.5. The second-order valence-electron chi connectivity index (χ2n) is 7.23. The number of rotatable bonds is 4. The molecule has 0 aliphatic heterocycles. The van der Waals surface area contributed by atoms with Gasteiger partial charge in [-0.3, -0.25) is 0 Å². The van der Waals surface area contributed by atoms with Gasteiger partial charge in [-0.05, 0) is 67.7 Å². The Kier molecular flexibility index (Phi) is 4.35. The summed E-state index contributed by atoms with van der Waals surface area (Å²) in [5.74, 6) is 0.954. The third-order valence-corrected chi connectivity index (χ3v) is 6.21. The van der Waals surface area contributed by atoms with Crippen LogP contribution in [0, 0.1) is 6.92 Å². The van der Waals surface area contributed by atoms with Crippen molar-refractivity contribution in [2.75, 3.05) is 11.6 Å². The zero-order valence-corrected chi connectivity index (χ0v) is 16.3. The molecule has 1 N–H and O–H groups in total. The monoisotopic (exact) mass is 392 g/mol. The van der Waals surface area contributed by atoms with Crippen LogP contribution in [0.2, 0.25) is 5.02 Å². The van der Waals surface area contributed by atoms with Crippen molar-refractivity contribution >= 4 is 33.1 Å². The summed E-state index contributed by atoms with van der Waals surface area (Å²) in [6.45, 7) is 1.96. The van der Waals surface area contributed by atoms with Crippen molar-refractivity contribution < 1.29 is 12.6 Å². The predicted octanol–water partition coefficient (Wildman–Crippen LogP) is 4.88. The molecule has 1 saturated carbocycles. The molecule has 3 aliphatic carbocycles. The largest absolute Gasteiger partial charge is 0.361 e. The fourth-order valence-electron chi connectivity index (χ4n) is 4.16. The van der Waals surface area contributed by atoms with E-state index in [1.165, 1.54) is 0 Å². The van der Waals surface area contributed by atoms with Gasteiger partial charge in [0.15, 0.2) is 0 Å². The molecule has 0 unspecified atom stereocenters. The lowest BCUT2D eigenvalue weighted by molar-refractivity contribution is 0.348. The van der Waals surface area contributed by atoms with E-state index >= 15 is 0 Å². The van der Waals surface area contributed by atoms with Crippen LogP contribution in [0.25, 0.3) is 0 Å². The summed E-state index contributed by atoms with van der Waals surface area (Å²) in [5.41, 5.74) is 4.94. The van der Waals surface area contributed by atoms with Crippen molar-refractivity contribution in [3.05, 3.63) is 46.1 Å². The van der Waals surface area contributed by atoms with E-state index in [-0.39, 0.29) is 5.88 Å². The van der Waals surface area contributed by atoms with Gasteiger partial charge in [-0.25, -0.2) is 4.98 Å². The van der Waals surface area contributed by atoms with Crippen LogP contribution in [0.15, 0.2) is 24.4 Å². The quantitative estimate of drug-likeness (QED) is 0.751. The standard InChI is InChI=1S/C19H21ClN2O3S/c1-11-3-8-14(9-15(11)20)22-16-10-21-19(25-26(2,23)24)18-13-6-4-12(5-7-13)17(16)18/h3,8-10,12-13,22H,4-7H2,1-2H3. The van der Waals surface area contributed by atoms with E-state index in [4.69, 9.17) is 15.8 Å². The topological polar surface area (TPSA) is 68.3 Å². The van der Waals surface area contributed by atoms with Crippen molar-refractivity contribution in [2.24, 2.45) is 0 Å². The fraction of sp³-hybridized carbons (Fsp3) is 0.421. The minimum atomic E-state index is -3.61. The molecule has 3 aliphatic rings. The lowest BCUT2D eigenvalue weighted by Crippen LogP contribution is -2.25. The third kappa shape index (κ3) is 3.28. The first-order chi connectivity index (χ1) is 12.3. The number of pyridine rings is 1. The van der Waals surface area contributed by atoms with Crippen molar-refractivity contribution in [3.63, 3.8) is 0 Å². The number of benzene rings is 1. The van der Waals surface area contributed by atoms with Gasteiger partial charge in [0, 0.05) is 16.3 Å². The molecule has 2 aromatic rings. The molecule has 1 aromatic carbocycles. The first-order valence-electron chi connectivity index (χ1n) is 8.77. The van der Waals surface area contributed by atoms with Gasteiger partial charge in [-0.15, -0.1) is 0 Å². The average molecular weight is 393 g/mol. The molecule has 0 atom stereocenters. The van der Waals surface area contributed by atoms with Gasteiger partial charge >= 0.3 is 10.1 Å². The molecule has 5 rings (SSSR count). The molecule has 0 amide bonds. The number of aryl methyl sites for hydroxylation is 1. The van der Waals surface area contributed by atoms with Crippen LogP contribution in [-0.2, 0) is 10.1 Å². The molecular formula is C19H21ClN2O3S. The summed E-state index contributed by atoms with van der Waals surface area (Å²) >= 11 is 6.24. The molecule has 138 valence electrons. The summed E-state index contributed by atoms with van der Waals surface area (Å²) in [5, 5.41) is 4.13. The van der Waals surface area contributed by atoms with E-state index in [9.17, 15) is 8.42 Å². The van der Waals surface area contributed by atoms with Crippen LogP contribution in [-0.4, -0.2) is 19.7 Å². The van der Waals surface area contributed by atoms with Crippen molar-refractivity contribution in [1.82, 2.24) is 4.98 Å². The maximum Gasteiger partial charge on any atom is 0.307 e. The van der Waals surface area contributed by atoms with Gasteiger partial charge in [0.1, 0.15) is 0 Å². The van der Waals surface area contributed by atoms with Crippen molar-refractivity contribution in [3.8, 4) is 5.88 Å². The van der Waals surface area contributed by atoms with E-state index < -0.39 is 10.1 Å². The Morgan fingerprint density at radius 3 is 2.42 bits per heavy atom. The van der Waals surface area contributed by atoms with Gasteiger partial charge in [-0.2, -0.15) is 8.42 Å². The minimum absolute atomic E-state index is 0.240. The summed E-state index contributed by atoms with van der Waals surface area (Å²) in [6.07, 6.45) is 7.07. The number of halogens is 1. The molecule has 0 saturated heterocycles. The molecule has 26 heavy (non-hydrogen) atoms. The van der Waals surface area contributed by atoms with Crippen LogP contribution in [0.5, 0.6) is 5.88 Å². The smallest absolute Gasteiger partial charge is 0.307 e. The van der Waals surface area contributed by atoms with Crippen LogP contribution >= 0.6 is 11.6 Å². The zero-order chi connectivity index (χ0) is 18.5. The maximum atomic E-state index is 11.6.